The minimum atomic E-state index is -4.25. The number of halogens is 3. The Bertz CT molecular complexity index is 365. The minimum Gasteiger partial charge on any atom is -0.395 e. The van der Waals surface area contributed by atoms with Gasteiger partial charge in [0.15, 0.2) is 0 Å². The Morgan fingerprint density at radius 1 is 1.16 bits per heavy atom. The third-order valence-corrected chi connectivity index (χ3v) is 3.05. The van der Waals surface area contributed by atoms with Gasteiger partial charge < -0.3 is 10.4 Å². The van der Waals surface area contributed by atoms with E-state index in [4.69, 9.17) is 0 Å². The first kappa shape index (κ1) is 16.0. The maximum absolute atomic E-state index is 12.6. The van der Waals surface area contributed by atoms with Gasteiger partial charge in [-0.3, -0.25) is 0 Å². The van der Waals surface area contributed by atoms with Crippen LogP contribution in [0.5, 0.6) is 0 Å². The molecule has 19 heavy (non-hydrogen) atoms. The average molecular weight is 275 g/mol. The number of aliphatic hydroxyl groups excluding tert-OH is 1. The van der Waals surface area contributed by atoms with Crippen molar-refractivity contribution in [3.05, 3.63) is 35.9 Å². The van der Waals surface area contributed by atoms with E-state index in [-0.39, 0.29) is 18.6 Å². The molecule has 0 aliphatic heterocycles. The molecule has 1 aromatic carbocycles. The van der Waals surface area contributed by atoms with Crippen LogP contribution in [-0.2, 0) is 0 Å². The van der Waals surface area contributed by atoms with Crippen molar-refractivity contribution in [2.24, 2.45) is 5.92 Å². The van der Waals surface area contributed by atoms with E-state index in [0.717, 1.165) is 0 Å². The van der Waals surface area contributed by atoms with Crippen molar-refractivity contribution in [1.82, 2.24) is 5.32 Å². The molecule has 1 unspecified atom stereocenters. The second-order valence-electron chi connectivity index (χ2n) is 4.98. The first-order valence-corrected chi connectivity index (χ1v) is 6.32. The molecular weight excluding hydrogens is 255 g/mol. The Kier molecular flexibility index (Phi) is 5.82. The van der Waals surface area contributed by atoms with Crippen molar-refractivity contribution in [3.8, 4) is 0 Å². The summed E-state index contributed by atoms with van der Waals surface area (Å²) in [6.45, 7) is 3.55. The van der Waals surface area contributed by atoms with E-state index in [2.05, 4.69) is 5.32 Å². The molecule has 2 atom stereocenters. The van der Waals surface area contributed by atoms with Gasteiger partial charge >= 0.3 is 6.18 Å². The molecule has 0 fully saturated rings. The molecule has 2 N–H and O–H groups in total. The summed E-state index contributed by atoms with van der Waals surface area (Å²) in [7, 11) is 0. The van der Waals surface area contributed by atoms with Gasteiger partial charge in [-0.25, -0.2) is 0 Å². The van der Waals surface area contributed by atoms with Gasteiger partial charge in [-0.1, -0.05) is 44.2 Å². The first-order chi connectivity index (χ1) is 8.83. The maximum Gasteiger partial charge on any atom is 0.390 e. The van der Waals surface area contributed by atoms with E-state index in [0.29, 0.717) is 5.56 Å². The van der Waals surface area contributed by atoms with Crippen molar-refractivity contribution in [2.75, 3.05) is 6.61 Å². The molecule has 0 aliphatic rings. The summed E-state index contributed by atoms with van der Waals surface area (Å²) >= 11 is 0. The zero-order valence-electron chi connectivity index (χ0n) is 11.1. The van der Waals surface area contributed by atoms with Crippen LogP contribution in [0.3, 0.4) is 0 Å². The molecule has 5 heteroatoms. The molecule has 0 amide bonds. The summed E-state index contributed by atoms with van der Waals surface area (Å²) in [5, 5.41) is 12.2. The van der Waals surface area contributed by atoms with Crippen molar-refractivity contribution in [3.63, 3.8) is 0 Å². The van der Waals surface area contributed by atoms with Gasteiger partial charge in [0.25, 0.3) is 0 Å². The number of hydrogen-bond acceptors (Lipinski definition) is 2. The van der Waals surface area contributed by atoms with Crippen molar-refractivity contribution >= 4 is 0 Å². The molecule has 0 radical (unpaired) electrons. The number of benzene rings is 1. The van der Waals surface area contributed by atoms with Crippen molar-refractivity contribution < 1.29 is 18.3 Å². The third-order valence-electron chi connectivity index (χ3n) is 3.05. The van der Waals surface area contributed by atoms with Gasteiger partial charge in [0.05, 0.1) is 13.0 Å². The largest absolute Gasteiger partial charge is 0.395 e. The van der Waals surface area contributed by atoms with Gasteiger partial charge in [-0.05, 0) is 11.5 Å². The molecule has 0 spiro atoms. The van der Waals surface area contributed by atoms with Crippen LogP contribution >= 0.6 is 0 Å². The second kappa shape index (κ2) is 6.91. The van der Waals surface area contributed by atoms with Crippen molar-refractivity contribution in [1.29, 1.82) is 0 Å². The molecule has 0 bridgehead atoms. The van der Waals surface area contributed by atoms with E-state index in [1.54, 1.807) is 30.3 Å². The second-order valence-corrected chi connectivity index (χ2v) is 4.98. The molecule has 0 aromatic heterocycles. The normalized spacial score (nSPS) is 15.5. The third kappa shape index (κ3) is 5.61. The molecule has 1 aromatic rings. The minimum absolute atomic E-state index is 0.0597. The van der Waals surface area contributed by atoms with E-state index in [9.17, 15) is 18.3 Å². The fourth-order valence-corrected chi connectivity index (χ4v) is 1.90. The van der Waals surface area contributed by atoms with E-state index < -0.39 is 18.6 Å². The highest BCUT2D eigenvalue weighted by Crippen LogP contribution is 2.30. The SMILES string of the molecule is CC(C)[C@@H](CO)NC(CC(F)(F)F)c1ccccc1. The Hall–Kier alpha value is -1.07. The summed E-state index contributed by atoms with van der Waals surface area (Å²) in [6, 6.07) is 7.33. The Morgan fingerprint density at radius 3 is 2.16 bits per heavy atom. The van der Waals surface area contributed by atoms with Crippen LogP contribution in [0.2, 0.25) is 0 Å². The van der Waals surface area contributed by atoms with Crippen LogP contribution in [0.1, 0.15) is 31.9 Å². The van der Waals surface area contributed by atoms with E-state index in [1.807, 2.05) is 13.8 Å². The van der Waals surface area contributed by atoms with Crippen LogP contribution < -0.4 is 5.32 Å². The lowest BCUT2D eigenvalue weighted by atomic mass is 9.99. The smallest absolute Gasteiger partial charge is 0.390 e. The van der Waals surface area contributed by atoms with Gasteiger partial charge in [0, 0.05) is 12.1 Å². The quantitative estimate of drug-likeness (QED) is 0.835. The molecule has 108 valence electrons. The van der Waals surface area contributed by atoms with Crippen LogP contribution in [0.25, 0.3) is 0 Å². The Labute approximate surface area is 111 Å². The number of rotatable bonds is 6. The average Bonchev–Trinajstić information content (AvgIpc) is 2.33. The highest BCUT2D eigenvalue weighted by Gasteiger charge is 2.33. The lowest BCUT2D eigenvalue weighted by Gasteiger charge is -2.28. The summed E-state index contributed by atoms with van der Waals surface area (Å²) in [4.78, 5) is 0. The monoisotopic (exact) mass is 275 g/mol. The number of nitrogens with one attached hydrogen (secondary N) is 1. The predicted octanol–water partition coefficient (Wildman–Crippen LogP) is 3.29. The van der Waals surface area contributed by atoms with Gasteiger partial charge in [0.2, 0.25) is 0 Å². The molecule has 2 nitrogen and oxygen atoms in total. The van der Waals surface area contributed by atoms with Gasteiger partial charge in [-0.2, -0.15) is 13.2 Å². The number of alkyl halides is 3. The lowest BCUT2D eigenvalue weighted by molar-refractivity contribution is -0.141. The molecule has 0 heterocycles. The van der Waals surface area contributed by atoms with E-state index in [1.165, 1.54) is 0 Å². The highest BCUT2D eigenvalue weighted by molar-refractivity contribution is 5.19. The molecule has 0 saturated carbocycles. The van der Waals surface area contributed by atoms with Crippen LogP contribution in [-0.4, -0.2) is 23.9 Å². The Balaban J connectivity index is 2.87. The predicted molar refractivity (Wildman–Crippen MR) is 68.7 cm³/mol. The topological polar surface area (TPSA) is 32.3 Å². The lowest BCUT2D eigenvalue weighted by Crippen LogP contribution is -2.41. The van der Waals surface area contributed by atoms with Crippen LogP contribution in [0.15, 0.2) is 30.3 Å². The van der Waals surface area contributed by atoms with Gasteiger partial charge in [-0.15, -0.1) is 0 Å². The fourth-order valence-electron chi connectivity index (χ4n) is 1.90. The summed E-state index contributed by atoms with van der Waals surface area (Å²) in [6.07, 6.45) is -5.19. The summed E-state index contributed by atoms with van der Waals surface area (Å²) in [5.41, 5.74) is 0.582. The number of aliphatic hydroxyl groups is 1. The Morgan fingerprint density at radius 2 is 1.74 bits per heavy atom. The van der Waals surface area contributed by atoms with Crippen LogP contribution in [0, 0.1) is 5.92 Å². The highest BCUT2D eigenvalue weighted by atomic mass is 19.4. The molecule has 0 saturated heterocycles. The number of hydrogen-bond donors (Lipinski definition) is 2. The zero-order valence-corrected chi connectivity index (χ0v) is 11.1. The fraction of sp³-hybridized carbons (Fsp3) is 0.571. The van der Waals surface area contributed by atoms with Gasteiger partial charge in [0.1, 0.15) is 0 Å². The molecule has 1 rings (SSSR count). The van der Waals surface area contributed by atoms with Crippen molar-refractivity contribution in [2.45, 2.75) is 38.5 Å². The van der Waals surface area contributed by atoms with E-state index >= 15 is 0 Å². The molecular formula is C14H20F3NO. The maximum atomic E-state index is 12.6. The zero-order chi connectivity index (χ0) is 14.5. The first-order valence-electron chi connectivity index (χ1n) is 6.32. The molecule has 0 aliphatic carbocycles. The summed E-state index contributed by atoms with van der Waals surface area (Å²) in [5.74, 6) is 0.0597. The standard InChI is InChI=1S/C14H20F3NO/c1-10(2)13(9-19)18-12(8-14(15,16)17)11-6-4-3-5-7-11/h3-7,10,12-13,18-19H,8-9H2,1-2H3/t12?,13-/m1/s1. The van der Waals surface area contributed by atoms with Crippen LogP contribution in [0.4, 0.5) is 13.2 Å². The summed E-state index contributed by atoms with van der Waals surface area (Å²) < 4.78 is 37.9.